The van der Waals surface area contributed by atoms with Crippen LogP contribution in [0.25, 0.3) is 10.9 Å². The molecule has 1 fully saturated rings. The number of aromatic nitrogens is 1. The SMILES string of the molecule is COc1ccccc1CN1CC(=O)N2[C@@H](c3cc(OC)c(OC)c(OC)c3)c3[nH]c4ccccc4c3C[C@@H]2C1=O. The molecule has 0 radical (unpaired) electrons. The lowest BCUT2D eigenvalue weighted by molar-refractivity contribution is -0.159. The highest BCUT2D eigenvalue weighted by molar-refractivity contribution is 5.97. The van der Waals surface area contributed by atoms with E-state index in [1.54, 1.807) is 38.2 Å². The first-order chi connectivity index (χ1) is 19.5. The Labute approximate surface area is 232 Å². The fraction of sp³-hybridized carbons (Fsp3) is 0.290. The number of aromatic amines is 1. The Kier molecular flexibility index (Phi) is 6.50. The number of para-hydroxylation sites is 2. The minimum absolute atomic E-state index is 0.0378. The molecule has 1 saturated heterocycles. The summed E-state index contributed by atoms with van der Waals surface area (Å²) in [6.45, 7) is 0.248. The largest absolute Gasteiger partial charge is 0.496 e. The molecular formula is C31H31N3O6. The number of benzene rings is 3. The Hall–Kier alpha value is -4.66. The van der Waals surface area contributed by atoms with Crippen LogP contribution in [0.2, 0.25) is 0 Å². The number of nitrogens with one attached hydrogen (secondary N) is 1. The van der Waals surface area contributed by atoms with Crippen molar-refractivity contribution in [2.75, 3.05) is 35.0 Å². The first kappa shape index (κ1) is 25.6. The highest BCUT2D eigenvalue weighted by Gasteiger charge is 2.48. The average Bonchev–Trinajstić information content (AvgIpc) is 3.36. The van der Waals surface area contributed by atoms with Crippen molar-refractivity contribution in [2.45, 2.75) is 25.0 Å². The lowest BCUT2D eigenvalue weighted by Gasteiger charge is -2.47. The molecule has 0 aliphatic carbocycles. The second-order valence-corrected chi connectivity index (χ2v) is 9.95. The van der Waals surface area contributed by atoms with Crippen LogP contribution in [0.15, 0.2) is 60.7 Å². The summed E-state index contributed by atoms with van der Waals surface area (Å²) in [4.78, 5) is 35.0. The van der Waals surface area contributed by atoms with E-state index >= 15 is 0 Å². The van der Waals surface area contributed by atoms with Crippen LogP contribution in [0, 0.1) is 0 Å². The van der Waals surface area contributed by atoms with Gasteiger partial charge < -0.3 is 33.7 Å². The lowest BCUT2D eigenvalue weighted by atomic mass is 9.86. The zero-order chi connectivity index (χ0) is 28.0. The van der Waals surface area contributed by atoms with Crippen LogP contribution in [0.4, 0.5) is 0 Å². The first-order valence-electron chi connectivity index (χ1n) is 13.1. The van der Waals surface area contributed by atoms with Gasteiger partial charge in [0.15, 0.2) is 11.5 Å². The number of nitrogens with zero attached hydrogens (tertiary/aromatic N) is 2. The van der Waals surface area contributed by atoms with Gasteiger partial charge in [-0.05, 0) is 35.4 Å². The van der Waals surface area contributed by atoms with Crippen LogP contribution in [0.5, 0.6) is 23.0 Å². The van der Waals surface area contributed by atoms with Crippen molar-refractivity contribution in [1.82, 2.24) is 14.8 Å². The average molecular weight is 542 g/mol. The van der Waals surface area contributed by atoms with Crippen molar-refractivity contribution >= 4 is 22.7 Å². The molecule has 0 unspecified atom stereocenters. The number of carbonyl (C=O) groups is 2. The van der Waals surface area contributed by atoms with Gasteiger partial charge in [-0.25, -0.2) is 0 Å². The third-order valence-corrected chi connectivity index (χ3v) is 7.90. The number of rotatable bonds is 7. The first-order valence-corrected chi connectivity index (χ1v) is 13.1. The molecule has 40 heavy (non-hydrogen) atoms. The predicted octanol–water partition coefficient (Wildman–Crippen LogP) is 4.09. The van der Waals surface area contributed by atoms with E-state index in [1.165, 1.54) is 0 Å². The Balaban J connectivity index is 1.49. The number of ether oxygens (including phenoxy) is 4. The number of fused-ring (bicyclic) bond motifs is 4. The van der Waals surface area contributed by atoms with Crippen molar-refractivity contribution in [2.24, 2.45) is 0 Å². The van der Waals surface area contributed by atoms with Gasteiger partial charge in [0.1, 0.15) is 18.3 Å². The van der Waals surface area contributed by atoms with Gasteiger partial charge in [0.2, 0.25) is 17.6 Å². The topological polar surface area (TPSA) is 93.3 Å². The molecule has 6 rings (SSSR count). The van der Waals surface area contributed by atoms with Crippen LogP contribution in [-0.4, -0.2) is 67.6 Å². The van der Waals surface area contributed by atoms with Gasteiger partial charge in [-0.3, -0.25) is 9.59 Å². The maximum Gasteiger partial charge on any atom is 0.246 e. The molecule has 0 spiro atoms. The minimum Gasteiger partial charge on any atom is -0.496 e. The van der Waals surface area contributed by atoms with Crippen LogP contribution < -0.4 is 18.9 Å². The maximum absolute atomic E-state index is 14.1. The van der Waals surface area contributed by atoms with Gasteiger partial charge in [0.05, 0.1) is 34.5 Å². The fourth-order valence-electron chi connectivity index (χ4n) is 6.10. The molecular weight excluding hydrogens is 510 g/mol. The summed E-state index contributed by atoms with van der Waals surface area (Å²) in [7, 11) is 6.27. The number of methoxy groups -OCH3 is 4. The van der Waals surface area contributed by atoms with E-state index in [1.807, 2.05) is 60.7 Å². The molecule has 9 heteroatoms. The molecule has 2 aliphatic rings. The van der Waals surface area contributed by atoms with E-state index in [2.05, 4.69) is 4.98 Å². The number of hydrogen-bond acceptors (Lipinski definition) is 6. The Morgan fingerprint density at radius 3 is 2.23 bits per heavy atom. The third-order valence-electron chi connectivity index (χ3n) is 7.90. The zero-order valence-electron chi connectivity index (χ0n) is 22.9. The number of H-pyrrole nitrogens is 1. The van der Waals surface area contributed by atoms with Crippen LogP contribution >= 0.6 is 0 Å². The highest BCUT2D eigenvalue weighted by atomic mass is 16.5. The summed E-state index contributed by atoms with van der Waals surface area (Å²) in [5.74, 6) is 1.86. The van der Waals surface area contributed by atoms with Gasteiger partial charge in [-0.1, -0.05) is 36.4 Å². The number of piperazine rings is 1. The van der Waals surface area contributed by atoms with Gasteiger partial charge in [-0.15, -0.1) is 0 Å². The lowest BCUT2D eigenvalue weighted by Crippen LogP contribution is -2.62. The standard InChI is InChI=1S/C31H31N3O6/c1-37-24-12-8-5-9-18(24)16-33-17-27(35)34-23(31(33)36)15-21-20-10-6-7-11-22(20)32-28(21)29(34)19-13-25(38-2)30(40-4)26(14-19)39-3/h5-14,23,29,32H,15-17H2,1-4H3/t23-,29+/m1/s1. The van der Waals surface area contributed by atoms with E-state index in [-0.39, 0.29) is 24.9 Å². The van der Waals surface area contributed by atoms with Crippen molar-refractivity contribution in [3.8, 4) is 23.0 Å². The summed E-state index contributed by atoms with van der Waals surface area (Å²) in [5, 5.41) is 1.04. The molecule has 0 saturated carbocycles. The molecule has 2 amide bonds. The summed E-state index contributed by atoms with van der Waals surface area (Å²) >= 11 is 0. The van der Waals surface area contributed by atoms with E-state index in [0.29, 0.717) is 29.4 Å². The van der Waals surface area contributed by atoms with Crippen molar-refractivity contribution in [3.05, 3.63) is 83.0 Å². The van der Waals surface area contributed by atoms with Gasteiger partial charge in [0.25, 0.3) is 0 Å². The van der Waals surface area contributed by atoms with E-state index in [0.717, 1.165) is 33.3 Å². The van der Waals surface area contributed by atoms with Gasteiger partial charge in [-0.2, -0.15) is 0 Å². The summed E-state index contributed by atoms with van der Waals surface area (Å²) < 4.78 is 22.3. The molecule has 2 aliphatic heterocycles. The molecule has 2 atom stereocenters. The number of hydrogen-bond donors (Lipinski definition) is 1. The minimum atomic E-state index is -0.674. The number of amides is 2. The molecule has 3 aromatic carbocycles. The Bertz CT molecular complexity index is 1590. The summed E-state index contributed by atoms with van der Waals surface area (Å²) in [6, 6.07) is 18.0. The summed E-state index contributed by atoms with van der Waals surface area (Å²) in [6.07, 6.45) is 0.410. The van der Waals surface area contributed by atoms with Crippen molar-refractivity contribution < 1.29 is 28.5 Å². The fourth-order valence-corrected chi connectivity index (χ4v) is 6.10. The van der Waals surface area contributed by atoms with E-state index in [9.17, 15) is 9.59 Å². The monoisotopic (exact) mass is 541 g/mol. The predicted molar refractivity (Wildman–Crippen MR) is 149 cm³/mol. The van der Waals surface area contributed by atoms with E-state index < -0.39 is 12.1 Å². The van der Waals surface area contributed by atoms with Crippen molar-refractivity contribution in [3.63, 3.8) is 0 Å². The van der Waals surface area contributed by atoms with Gasteiger partial charge >= 0.3 is 0 Å². The van der Waals surface area contributed by atoms with Crippen LogP contribution in [0.1, 0.15) is 28.4 Å². The summed E-state index contributed by atoms with van der Waals surface area (Å²) in [5.41, 5.74) is 4.47. The quantitative estimate of drug-likeness (QED) is 0.379. The normalized spacial score (nSPS) is 18.4. The molecule has 3 heterocycles. The van der Waals surface area contributed by atoms with Crippen molar-refractivity contribution in [1.29, 1.82) is 0 Å². The molecule has 206 valence electrons. The molecule has 1 aromatic heterocycles. The van der Waals surface area contributed by atoms with Crippen LogP contribution in [-0.2, 0) is 22.6 Å². The van der Waals surface area contributed by atoms with E-state index in [4.69, 9.17) is 18.9 Å². The third kappa shape index (κ3) is 4.00. The zero-order valence-corrected chi connectivity index (χ0v) is 22.9. The highest BCUT2D eigenvalue weighted by Crippen LogP contribution is 2.47. The second-order valence-electron chi connectivity index (χ2n) is 9.95. The second kappa shape index (κ2) is 10.1. The molecule has 0 bridgehead atoms. The van der Waals surface area contributed by atoms with Crippen LogP contribution in [0.3, 0.4) is 0 Å². The maximum atomic E-state index is 14.1. The Morgan fingerprint density at radius 2 is 1.52 bits per heavy atom. The number of carbonyl (C=O) groups excluding carboxylic acids is 2. The molecule has 1 N–H and O–H groups in total. The van der Waals surface area contributed by atoms with Gasteiger partial charge in [0, 0.05) is 35.1 Å². The molecule has 4 aromatic rings. The Morgan fingerprint density at radius 1 is 0.850 bits per heavy atom. The smallest absolute Gasteiger partial charge is 0.246 e. The molecule has 9 nitrogen and oxygen atoms in total.